The van der Waals surface area contributed by atoms with Crippen molar-refractivity contribution in [3.63, 3.8) is 0 Å². The number of piperidine rings is 1. The Bertz CT molecular complexity index is 933. The first kappa shape index (κ1) is 27.6. The fourth-order valence-electron chi connectivity index (χ4n) is 5.72. The monoisotopic (exact) mass is 503 g/mol. The average Bonchev–Trinajstić information content (AvgIpc) is 3.37. The predicted octanol–water partition coefficient (Wildman–Crippen LogP) is 2.06. The number of amides is 1. The number of hydrogen-bond acceptors (Lipinski definition) is 7. The molecular formula is C25H37N5O6. The van der Waals surface area contributed by atoms with Gasteiger partial charge in [-0.05, 0) is 38.6 Å². The van der Waals surface area contributed by atoms with Crippen LogP contribution in [-0.2, 0) is 37.8 Å². The topological polar surface area (TPSA) is 149 Å². The van der Waals surface area contributed by atoms with Crippen molar-refractivity contribution in [2.75, 3.05) is 33.3 Å². The van der Waals surface area contributed by atoms with Gasteiger partial charge in [-0.15, -0.1) is 0 Å². The molecule has 2 aliphatic carbocycles. The molecule has 11 heteroatoms. The molecule has 2 aliphatic heterocycles. The van der Waals surface area contributed by atoms with E-state index in [9.17, 15) is 10.1 Å². The van der Waals surface area contributed by atoms with E-state index in [2.05, 4.69) is 22.6 Å². The third-order valence-corrected chi connectivity index (χ3v) is 7.68. The summed E-state index contributed by atoms with van der Waals surface area (Å²) in [6.07, 6.45) is 9.66. The summed E-state index contributed by atoms with van der Waals surface area (Å²) in [6.45, 7) is 4.43. The van der Waals surface area contributed by atoms with Crippen LogP contribution in [0.1, 0.15) is 62.9 Å². The van der Waals surface area contributed by atoms with Crippen molar-refractivity contribution in [2.45, 2.75) is 70.1 Å². The molecule has 1 aromatic heterocycles. The Morgan fingerprint density at radius 2 is 1.81 bits per heavy atom. The van der Waals surface area contributed by atoms with Crippen molar-refractivity contribution < 1.29 is 29.3 Å². The molecule has 3 fully saturated rings. The van der Waals surface area contributed by atoms with Gasteiger partial charge in [-0.25, -0.2) is 4.98 Å². The molecule has 1 spiro atoms. The molecule has 4 aliphatic rings. The normalized spacial score (nSPS) is 21.3. The molecule has 1 saturated heterocycles. The van der Waals surface area contributed by atoms with Crippen LogP contribution in [0, 0.1) is 22.7 Å². The van der Waals surface area contributed by atoms with Crippen molar-refractivity contribution in [1.82, 2.24) is 19.4 Å². The van der Waals surface area contributed by atoms with E-state index in [-0.39, 0.29) is 18.9 Å². The first-order valence-corrected chi connectivity index (χ1v) is 12.6. The number of carbonyl (C=O) groups is 3. The molecule has 0 bridgehead atoms. The first-order valence-electron chi connectivity index (χ1n) is 12.6. The van der Waals surface area contributed by atoms with Crippen LogP contribution in [0.3, 0.4) is 0 Å². The van der Waals surface area contributed by atoms with Gasteiger partial charge in [0.25, 0.3) is 12.9 Å². The van der Waals surface area contributed by atoms with Crippen molar-refractivity contribution in [3.8, 4) is 6.07 Å². The van der Waals surface area contributed by atoms with Gasteiger partial charge in [0.05, 0.1) is 18.4 Å². The van der Waals surface area contributed by atoms with Crippen molar-refractivity contribution in [2.24, 2.45) is 11.3 Å². The van der Waals surface area contributed by atoms with Crippen LogP contribution in [0.4, 0.5) is 0 Å². The maximum atomic E-state index is 13.1. The van der Waals surface area contributed by atoms with Crippen LogP contribution >= 0.6 is 0 Å². The summed E-state index contributed by atoms with van der Waals surface area (Å²) in [5.41, 5.74) is 0.0942. The van der Waals surface area contributed by atoms with Gasteiger partial charge in [-0.3, -0.25) is 14.4 Å². The van der Waals surface area contributed by atoms with E-state index in [1.165, 1.54) is 25.1 Å². The van der Waals surface area contributed by atoms with Gasteiger partial charge in [0.2, 0.25) is 5.91 Å². The minimum Gasteiger partial charge on any atom is -0.483 e. The molecule has 2 N–H and O–H groups in total. The van der Waals surface area contributed by atoms with Crippen molar-refractivity contribution in [1.29, 1.82) is 5.26 Å². The molecule has 1 aromatic rings. The van der Waals surface area contributed by atoms with E-state index in [0.717, 1.165) is 50.5 Å². The lowest BCUT2D eigenvalue weighted by Gasteiger charge is -2.44. The number of hydrogen-bond donors (Lipinski definition) is 2. The van der Waals surface area contributed by atoms with Crippen LogP contribution in [0.5, 0.6) is 0 Å². The lowest BCUT2D eigenvalue weighted by molar-refractivity contribution is -0.150. The van der Waals surface area contributed by atoms with Crippen molar-refractivity contribution in [3.05, 3.63) is 17.7 Å². The molecule has 0 atom stereocenters. The van der Waals surface area contributed by atoms with Gasteiger partial charge in [0.1, 0.15) is 16.8 Å². The standard InChI is InChI=1S/C23H33N5O2.2CH2O2/c1-26(15-18-4-5-18)16-19-14-25-20-23(30-13-12-28(19)20)8-10-27(11-9-23)21(29)22(17-24)6-2-3-7-22;2*2-1-3/h14,18H,2-13,15-16H2,1H3;2*1H,(H,2,3). The summed E-state index contributed by atoms with van der Waals surface area (Å²) >= 11 is 0. The fraction of sp³-hybridized carbons (Fsp3) is 0.720. The van der Waals surface area contributed by atoms with E-state index in [1.807, 2.05) is 11.1 Å². The van der Waals surface area contributed by atoms with Crippen LogP contribution in [-0.4, -0.2) is 81.7 Å². The third kappa shape index (κ3) is 6.05. The Balaban J connectivity index is 0.000000550. The number of nitriles is 1. The fourth-order valence-corrected chi connectivity index (χ4v) is 5.72. The van der Waals surface area contributed by atoms with Crippen LogP contribution in [0.2, 0.25) is 0 Å². The second-order valence-electron chi connectivity index (χ2n) is 10.1. The second-order valence-corrected chi connectivity index (χ2v) is 10.1. The predicted molar refractivity (Wildman–Crippen MR) is 129 cm³/mol. The Morgan fingerprint density at radius 1 is 1.19 bits per heavy atom. The molecule has 36 heavy (non-hydrogen) atoms. The smallest absolute Gasteiger partial charge is 0.290 e. The number of nitrogens with zero attached hydrogens (tertiary/aromatic N) is 5. The summed E-state index contributed by atoms with van der Waals surface area (Å²) in [6, 6.07) is 2.36. The van der Waals surface area contributed by atoms with E-state index >= 15 is 0 Å². The van der Waals surface area contributed by atoms with Crippen LogP contribution in [0.15, 0.2) is 6.20 Å². The maximum absolute atomic E-state index is 13.1. The Morgan fingerprint density at radius 3 is 2.36 bits per heavy atom. The highest BCUT2D eigenvalue weighted by molar-refractivity contribution is 5.86. The Labute approximate surface area is 211 Å². The molecule has 198 valence electrons. The zero-order valence-corrected chi connectivity index (χ0v) is 21.0. The molecule has 0 unspecified atom stereocenters. The number of rotatable bonds is 5. The number of fused-ring (bicyclic) bond motifs is 2. The van der Waals surface area contributed by atoms with Crippen LogP contribution < -0.4 is 0 Å². The molecule has 0 radical (unpaired) electrons. The number of ether oxygens (including phenoxy) is 1. The Hall–Kier alpha value is -2.97. The molecule has 3 heterocycles. The minimum absolute atomic E-state index is 0.0406. The molecule has 11 nitrogen and oxygen atoms in total. The zero-order chi connectivity index (χ0) is 26.2. The lowest BCUT2D eigenvalue weighted by Crippen LogP contribution is -2.52. The molecule has 1 amide bonds. The average molecular weight is 504 g/mol. The number of carboxylic acid groups (broad SMARTS) is 2. The SMILES string of the molecule is CN(Cc1cnc2n1CCOC21CCN(C(=O)C2(C#N)CCCC2)CC1)CC1CC1.O=CO.O=CO. The maximum Gasteiger partial charge on any atom is 0.290 e. The highest BCUT2D eigenvalue weighted by Gasteiger charge is 2.49. The minimum atomic E-state index is -0.782. The second kappa shape index (κ2) is 12.3. The summed E-state index contributed by atoms with van der Waals surface area (Å²) in [4.78, 5) is 39.0. The van der Waals surface area contributed by atoms with E-state index in [0.29, 0.717) is 32.5 Å². The number of likely N-dealkylation sites (tertiary alicyclic amines) is 1. The van der Waals surface area contributed by atoms with Crippen LogP contribution in [0.25, 0.3) is 0 Å². The highest BCUT2D eigenvalue weighted by atomic mass is 16.5. The molecule has 2 saturated carbocycles. The Kier molecular flexibility index (Phi) is 9.45. The summed E-state index contributed by atoms with van der Waals surface area (Å²) in [7, 11) is 2.20. The number of imidazole rings is 1. The quantitative estimate of drug-likeness (QED) is 0.576. The number of carbonyl (C=O) groups excluding carboxylic acids is 1. The van der Waals surface area contributed by atoms with Gasteiger partial charge in [0.15, 0.2) is 0 Å². The zero-order valence-electron chi connectivity index (χ0n) is 21.0. The van der Waals surface area contributed by atoms with Gasteiger partial charge < -0.3 is 29.3 Å². The first-order chi connectivity index (χ1) is 17.4. The summed E-state index contributed by atoms with van der Waals surface area (Å²) in [5.74, 6) is 1.96. The van der Waals surface area contributed by atoms with Gasteiger partial charge in [-0.1, -0.05) is 12.8 Å². The van der Waals surface area contributed by atoms with Gasteiger partial charge in [-0.2, -0.15) is 5.26 Å². The third-order valence-electron chi connectivity index (χ3n) is 7.68. The van der Waals surface area contributed by atoms with Gasteiger partial charge >= 0.3 is 0 Å². The molecule has 0 aromatic carbocycles. The highest BCUT2D eigenvalue weighted by Crippen LogP contribution is 2.43. The van der Waals surface area contributed by atoms with Gasteiger partial charge in [0, 0.05) is 51.8 Å². The lowest BCUT2D eigenvalue weighted by atomic mass is 9.83. The summed E-state index contributed by atoms with van der Waals surface area (Å²) in [5, 5.41) is 23.5. The van der Waals surface area contributed by atoms with Crippen molar-refractivity contribution >= 4 is 18.9 Å². The largest absolute Gasteiger partial charge is 0.483 e. The summed E-state index contributed by atoms with van der Waals surface area (Å²) < 4.78 is 8.69. The van der Waals surface area contributed by atoms with E-state index in [4.69, 9.17) is 29.5 Å². The number of aromatic nitrogens is 2. The molecular weight excluding hydrogens is 466 g/mol. The molecule has 5 rings (SSSR count). The van der Waals surface area contributed by atoms with E-state index in [1.54, 1.807) is 0 Å². The van der Waals surface area contributed by atoms with E-state index < -0.39 is 11.0 Å².